The van der Waals surface area contributed by atoms with E-state index in [0.717, 1.165) is 12.8 Å². The van der Waals surface area contributed by atoms with Crippen molar-refractivity contribution in [3.63, 3.8) is 0 Å². The number of hydrogen-bond acceptors (Lipinski definition) is 0. The van der Waals surface area contributed by atoms with Gasteiger partial charge in [-0.2, -0.15) is 0 Å². The van der Waals surface area contributed by atoms with E-state index in [1.807, 2.05) is 0 Å². The van der Waals surface area contributed by atoms with Crippen LogP contribution in [0.4, 0.5) is 0 Å². The van der Waals surface area contributed by atoms with Crippen LogP contribution in [0.15, 0.2) is 24.3 Å². The fraction of sp³-hybridized carbons (Fsp3) is 0.417. The Morgan fingerprint density at radius 2 is 1.75 bits per heavy atom. The lowest BCUT2D eigenvalue weighted by atomic mass is 10.0. The maximum absolute atomic E-state index is 3.84. The van der Waals surface area contributed by atoms with Crippen molar-refractivity contribution in [3.05, 3.63) is 42.3 Å². The summed E-state index contributed by atoms with van der Waals surface area (Å²) in [6, 6.07) is 8.85. The van der Waals surface area contributed by atoms with Crippen LogP contribution >= 0.6 is 0 Å². The molecule has 1 aromatic carbocycles. The van der Waals surface area contributed by atoms with E-state index >= 15 is 0 Å². The van der Waals surface area contributed by atoms with Gasteiger partial charge in [-0.1, -0.05) is 45.0 Å². The number of aryl methyl sites for hydroxylation is 1. The minimum absolute atomic E-state index is 0.638. The van der Waals surface area contributed by atoms with Gasteiger partial charge in [0.15, 0.2) is 0 Å². The minimum Gasteiger partial charge on any atom is -0.0588 e. The molecule has 0 atom stereocenters. The van der Waals surface area contributed by atoms with Crippen LogP contribution in [0.1, 0.15) is 37.3 Å². The van der Waals surface area contributed by atoms with Crippen LogP contribution < -0.4 is 0 Å². The third-order valence-corrected chi connectivity index (χ3v) is 2.11. The Bertz CT molecular complexity index is 218. The average Bonchev–Trinajstić information content (AvgIpc) is 2.06. The van der Waals surface area contributed by atoms with Gasteiger partial charge in [-0.3, -0.25) is 0 Å². The smallest absolute Gasteiger partial charge is 0.0219 e. The van der Waals surface area contributed by atoms with Crippen molar-refractivity contribution in [1.82, 2.24) is 0 Å². The number of hydrogen-bond donors (Lipinski definition) is 0. The van der Waals surface area contributed by atoms with Gasteiger partial charge in [0.1, 0.15) is 0 Å². The van der Waals surface area contributed by atoms with Crippen LogP contribution in [0, 0.1) is 6.92 Å². The lowest BCUT2D eigenvalue weighted by Crippen LogP contribution is -1.88. The van der Waals surface area contributed by atoms with Crippen LogP contribution in [-0.4, -0.2) is 0 Å². The summed E-state index contributed by atoms with van der Waals surface area (Å²) < 4.78 is 0. The highest BCUT2D eigenvalue weighted by molar-refractivity contribution is 5.24. The predicted octanol–water partition coefficient (Wildman–Crippen LogP) is 3.58. The van der Waals surface area contributed by atoms with E-state index in [-0.39, 0.29) is 0 Å². The lowest BCUT2D eigenvalue weighted by Gasteiger charge is -2.05. The van der Waals surface area contributed by atoms with E-state index in [1.165, 1.54) is 11.1 Å². The summed E-state index contributed by atoms with van der Waals surface area (Å²) in [5.74, 6) is 0.638. The second-order valence-corrected chi connectivity index (χ2v) is 3.50. The summed E-state index contributed by atoms with van der Waals surface area (Å²) in [5.41, 5.74) is 2.82. The summed E-state index contributed by atoms with van der Waals surface area (Å²) in [4.78, 5) is 0. The van der Waals surface area contributed by atoms with Crippen LogP contribution in [0.25, 0.3) is 0 Å². The fourth-order valence-electron chi connectivity index (χ4n) is 1.27. The fourth-order valence-corrected chi connectivity index (χ4v) is 1.27. The van der Waals surface area contributed by atoms with Gasteiger partial charge in [-0.05, 0) is 29.9 Å². The van der Waals surface area contributed by atoms with Crippen molar-refractivity contribution >= 4 is 0 Å². The zero-order chi connectivity index (χ0) is 8.97. The van der Waals surface area contributed by atoms with Gasteiger partial charge < -0.3 is 0 Å². The summed E-state index contributed by atoms with van der Waals surface area (Å²) in [6.45, 7) is 8.28. The monoisotopic (exact) mass is 161 g/mol. The topological polar surface area (TPSA) is 0 Å². The molecule has 0 aromatic heterocycles. The molecule has 0 aliphatic rings. The molecule has 0 N–H and O–H groups in total. The summed E-state index contributed by atoms with van der Waals surface area (Å²) in [7, 11) is 0. The molecule has 0 fully saturated rings. The van der Waals surface area contributed by atoms with Crippen LogP contribution in [-0.2, 0) is 6.42 Å². The molecule has 12 heavy (non-hydrogen) atoms. The second-order valence-electron chi connectivity index (χ2n) is 3.50. The molecule has 0 nitrogen and oxygen atoms in total. The molecule has 0 heterocycles. The number of benzene rings is 1. The van der Waals surface area contributed by atoms with Crippen molar-refractivity contribution in [2.24, 2.45) is 0 Å². The lowest BCUT2D eigenvalue weighted by molar-refractivity contribution is 0.863. The SMILES string of the molecule is [CH2]CCc1ccc(C(C)C)cc1. The molecule has 0 aliphatic heterocycles. The van der Waals surface area contributed by atoms with Crippen LogP contribution in [0.2, 0.25) is 0 Å². The highest BCUT2D eigenvalue weighted by atomic mass is 14.0. The Hall–Kier alpha value is -0.780. The van der Waals surface area contributed by atoms with E-state index in [1.54, 1.807) is 0 Å². The van der Waals surface area contributed by atoms with E-state index in [4.69, 9.17) is 0 Å². The van der Waals surface area contributed by atoms with E-state index < -0.39 is 0 Å². The average molecular weight is 161 g/mol. The molecule has 65 valence electrons. The molecule has 1 rings (SSSR count). The molecule has 1 radical (unpaired) electrons. The zero-order valence-electron chi connectivity index (χ0n) is 8.01. The molecule has 0 bridgehead atoms. The second kappa shape index (κ2) is 4.30. The first kappa shape index (κ1) is 9.31. The van der Waals surface area contributed by atoms with Crippen molar-refractivity contribution in [1.29, 1.82) is 0 Å². The Morgan fingerprint density at radius 3 is 2.17 bits per heavy atom. The van der Waals surface area contributed by atoms with Gasteiger partial charge in [-0.25, -0.2) is 0 Å². The zero-order valence-corrected chi connectivity index (χ0v) is 8.01. The molecule has 0 unspecified atom stereocenters. The van der Waals surface area contributed by atoms with Crippen molar-refractivity contribution < 1.29 is 0 Å². The Morgan fingerprint density at radius 1 is 1.17 bits per heavy atom. The molecule has 0 aliphatic carbocycles. The van der Waals surface area contributed by atoms with Gasteiger partial charge in [0, 0.05) is 0 Å². The molecule has 0 heteroatoms. The van der Waals surface area contributed by atoms with Gasteiger partial charge in [-0.15, -0.1) is 0 Å². The first-order valence-electron chi connectivity index (χ1n) is 4.62. The maximum Gasteiger partial charge on any atom is -0.0219 e. The largest absolute Gasteiger partial charge is 0.0588 e. The van der Waals surface area contributed by atoms with Gasteiger partial charge in [0.05, 0.1) is 0 Å². The predicted molar refractivity (Wildman–Crippen MR) is 54.2 cm³/mol. The van der Waals surface area contributed by atoms with Gasteiger partial charge in [0.25, 0.3) is 0 Å². The third kappa shape index (κ3) is 2.37. The summed E-state index contributed by atoms with van der Waals surface area (Å²) in [5, 5.41) is 0. The minimum atomic E-state index is 0.638. The van der Waals surface area contributed by atoms with Gasteiger partial charge >= 0.3 is 0 Å². The molecular weight excluding hydrogens is 144 g/mol. The van der Waals surface area contributed by atoms with Crippen LogP contribution in [0.5, 0.6) is 0 Å². The quantitative estimate of drug-likeness (QED) is 0.635. The molecule has 0 amide bonds. The normalized spacial score (nSPS) is 10.7. The highest BCUT2D eigenvalue weighted by Gasteiger charge is 1.97. The third-order valence-electron chi connectivity index (χ3n) is 2.11. The van der Waals surface area contributed by atoms with E-state index in [9.17, 15) is 0 Å². The van der Waals surface area contributed by atoms with E-state index in [2.05, 4.69) is 45.0 Å². The first-order valence-corrected chi connectivity index (χ1v) is 4.62. The standard InChI is InChI=1S/C12H17/c1-4-5-11-6-8-12(9-7-11)10(2)3/h6-10H,1,4-5H2,2-3H3. The highest BCUT2D eigenvalue weighted by Crippen LogP contribution is 2.15. The van der Waals surface area contributed by atoms with Gasteiger partial charge in [0.2, 0.25) is 0 Å². The Balaban J connectivity index is 2.71. The summed E-state index contributed by atoms with van der Waals surface area (Å²) >= 11 is 0. The molecule has 1 aromatic rings. The molecule has 0 saturated carbocycles. The number of rotatable bonds is 3. The van der Waals surface area contributed by atoms with Crippen molar-refractivity contribution in [2.45, 2.75) is 32.6 Å². The Labute approximate surface area is 75.6 Å². The molecular formula is C12H17. The van der Waals surface area contributed by atoms with Crippen LogP contribution in [0.3, 0.4) is 0 Å². The molecule has 0 spiro atoms. The first-order chi connectivity index (χ1) is 5.74. The van der Waals surface area contributed by atoms with Crippen molar-refractivity contribution in [2.75, 3.05) is 0 Å². The van der Waals surface area contributed by atoms with E-state index in [0.29, 0.717) is 5.92 Å². The van der Waals surface area contributed by atoms with Crippen molar-refractivity contribution in [3.8, 4) is 0 Å². The maximum atomic E-state index is 3.84. The summed E-state index contributed by atoms with van der Waals surface area (Å²) in [6.07, 6.45) is 2.08. The molecule has 0 saturated heterocycles. The Kier molecular flexibility index (Phi) is 3.33.